The number of carbonyl (C=O) groups is 18. The van der Waals surface area contributed by atoms with Crippen LogP contribution in [0.5, 0.6) is 0 Å². The Morgan fingerprint density at radius 3 is 1.53 bits per heavy atom. The number of pyridine rings is 1. The van der Waals surface area contributed by atoms with Crippen LogP contribution in [0, 0.1) is 5.92 Å². The fourth-order valence-electron chi connectivity index (χ4n) is 13.6. The smallest absolute Gasteiger partial charge is 0.407 e. The largest absolute Gasteiger partial charge is 0.481 e. The summed E-state index contributed by atoms with van der Waals surface area (Å²) in [5, 5.41) is 77.9. The minimum atomic E-state index is -2.01. The first-order valence-corrected chi connectivity index (χ1v) is 46.4. The highest BCUT2D eigenvalue weighted by atomic mass is 32.2. The molecule has 6 rings (SSSR count). The summed E-state index contributed by atoms with van der Waals surface area (Å²) in [5.41, 5.74) is -2.36. The quantitative estimate of drug-likeness (QED) is 0.0255. The number of aromatic nitrogens is 3. The molecule has 12 atom stereocenters. The molecule has 0 saturated carbocycles. The summed E-state index contributed by atoms with van der Waals surface area (Å²) in [7, 11) is 1.48. The summed E-state index contributed by atoms with van der Waals surface area (Å²) >= 11 is 1.20. The van der Waals surface area contributed by atoms with E-state index in [1.807, 2.05) is 0 Å². The average molecular weight is 1960 g/mol. The monoisotopic (exact) mass is 1960 g/mol. The maximum Gasteiger partial charge on any atom is 0.407 e. The zero-order valence-electron chi connectivity index (χ0n) is 81.3. The summed E-state index contributed by atoms with van der Waals surface area (Å²) in [6.07, 6.45) is -8.63. The number of carboxylic acids is 1. The van der Waals surface area contributed by atoms with E-state index in [9.17, 15) is 82.4 Å². The lowest BCUT2D eigenvalue weighted by Gasteiger charge is -2.29. The van der Waals surface area contributed by atoms with Crippen LogP contribution >= 0.6 is 11.8 Å². The molecule has 1 fully saturated rings. The van der Waals surface area contributed by atoms with Crippen molar-refractivity contribution in [2.24, 2.45) is 5.92 Å². The van der Waals surface area contributed by atoms with Gasteiger partial charge in [-0.05, 0) is 208 Å². The summed E-state index contributed by atoms with van der Waals surface area (Å²) in [6, 6.07) is 7.14. The van der Waals surface area contributed by atoms with E-state index in [4.69, 9.17) is 18.9 Å². The fraction of sp³-hybridized carbons (Fsp3) is 0.532. The number of aliphatic hydroxyl groups excluding tert-OH is 2. The Morgan fingerprint density at radius 1 is 0.525 bits per heavy atom. The molecular formula is C94H133N19O25S. The number of carboxylic acid groups (broad SMARTS) is 1. The number of aliphatic carboxylic acids is 1. The van der Waals surface area contributed by atoms with E-state index < -0.39 is 286 Å². The number of ether oxygens (including phenoxy) is 4. The van der Waals surface area contributed by atoms with Gasteiger partial charge in [0.2, 0.25) is 65.0 Å². The third-order valence-corrected chi connectivity index (χ3v) is 21.2. The maximum absolute atomic E-state index is 15.5. The normalized spacial score (nSPS) is 18.5. The number of hydrogen-bond donors (Lipinski definition) is 19. The molecule has 0 bridgehead atoms. The second kappa shape index (κ2) is 53.8. The van der Waals surface area contributed by atoms with E-state index in [0.717, 1.165) is 18.5 Å². The molecule has 2 aromatic heterocycles. The van der Waals surface area contributed by atoms with Gasteiger partial charge in [0.1, 0.15) is 82.8 Å². The Bertz CT molecular complexity index is 5160. The molecule has 1 aliphatic heterocycles. The zero-order chi connectivity index (χ0) is 103. The molecule has 44 nitrogen and oxygen atoms in total. The van der Waals surface area contributed by atoms with Crippen molar-refractivity contribution < 1.29 is 121 Å². The highest BCUT2D eigenvalue weighted by Gasteiger charge is 2.40. The van der Waals surface area contributed by atoms with E-state index >= 15 is 19.2 Å². The van der Waals surface area contributed by atoms with Crippen LogP contribution in [0.4, 0.5) is 19.2 Å². The Balaban J connectivity index is 1.40. The summed E-state index contributed by atoms with van der Waals surface area (Å²) in [5.74, 6) is -15.6. The van der Waals surface area contributed by atoms with Crippen LogP contribution in [0.2, 0.25) is 0 Å². The second-order valence-electron chi connectivity index (χ2n) is 37.3. The molecule has 760 valence electrons. The van der Waals surface area contributed by atoms with Crippen molar-refractivity contribution in [3.05, 3.63) is 120 Å². The second-order valence-corrected chi connectivity index (χ2v) is 38.5. The van der Waals surface area contributed by atoms with Gasteiger partial charge in [-0.3, -0.25) is 72.1 Å². The van der Waals surface area contributed by atoms with Crippen LogP contribution in [0.15, 0.2) is 107 Å². The number of alkyl carbamates (subject to hydrolysis) is 4. The molecule has 0 aliphatic carbocycles. The third kappa shape index (κ3) is 40.8. The number of hydrogen-bond acceptors (Lipinski definition) is 27. The molecule has 0 spiro atoms. The molecular weight excluding hydrogens is 1830 g/mol. The molecule has 0 unspecified atom stereocenters. The molecule has 1 saturated heterocycles. The van der Waals surface area contributed by atoms with Crippen molar-refractivity contribution in [1.29, 1.82) is 0 Å². The highest BCUT2D eigenvalue weighted by Crippen LogP contribution is 2.34. The highest BCUT2D eigenvalue weighted by molar-refractivity contribution is 7.99. The summed E-state index contributed by atoms with van der Waals surface area (Å²) in [4.78, 5) is 262. The average Bonchev–Trinajstić information content (AvgIpc) is 1.62. The SMILES string of the molecule is CNC(=O)c1ccccc1Sc1ccc2c(/C=C/c3ccccn3)nn(C(=O)[C@H](CCC(=O)O)NC(=O)CCC(=O)N[C@H](C(=O)N[C@@H](CCNC(=O)OC(C)(C)C)C(=O)N[C@@H]3CCNC(=O)[C@@H]([C@H](C)O)NC(=O)[C@H](CCNC(=O)OC(C)(C)C)NC(=O)[C@H](CCNC(=O)OC(C)(C)C)NC(=O)[C@H](CC(C)C)NC(=O)[C@H](Cc4ccccc4)NC(=O)[C@H](CCNC(=O)OC(C)(C)C)NC3=O)[C@H](C)O)c2c1. The van der Waals surface area contributed by atoms with E-state index in [2.05, 4.69) is 95.2 Å². The number of aliphatic hydroxyl groups is 2. The molecule has 5 aromatic rings. The van der Waals surface area contributed by atoms with Crippen molar-refractivity contribution in [2.45, 2.75) is 286 Å². The standard InChI is InChI=1S/C94H133N19O25S/c1-52(2)49-67-82(126)106-62(39-45-98-87(131)135-91(5,6)7)78(122)105-65(42-48-101-90(134)138-94(14,15)16)81(125)111-74(53(3)114)84(128)97-44-38-61(77(121)104-63(40-46-99-88(132)136-92(8,9)10)80(124)109-68(83(127)108-67)50-55-25-19-18-20-26-55)103-79(123)64(41-47-100-89(133)137-93(11,12)13)107-85(129)75(54(4)115)110-72(117)36-35-71(116)102-66(34-37-73(118)119)86(130)113-69-51-57(139-70-29-22-21-28-59(70)76(120)95-17)31-32-58(69)60(112-113)33-30-56-27-23-24-43-96-56/h18-33,43,51-54,61-68,74-75,114-115H,34-42,44-50H2,1-17H3,(H,95,120)(H,97,128)(H,98,131)(H,99,132)(H,100,133)(H,101,134)(H,102,116)(H,103,123)(H,104,121)(H,105,122)(H,106,126)(H,107,129)(H,108,127)(H,109,124)(H,110,117)(H,111,125)(H,118,119)/b33-30+/t53-,54-,61+,62-,63-,64-,65-,66-,67-,68-,74+,75-/m0/s1. The number of rotatable bonds is 36. The lowest BCUT2D eigenvalue weighted by Crippen LogP contribution is -2.61. The van der Waals surface area contributed by atoms with Gasteiger partial charge in [-0.1, -0.05) is 74.1 Å². The first-order chi connectivity index (χ1) is 65.1. The minimum Gasteiger partial charge on any atom is -0.481 e. The molecule has 45 heteroatoms. The predicted octanol–water partition coefficient (Wildman–Crippen LogP) is 3.48. The van der Waals surface area contributed by atoms with Gasteiger partial charge in [0, 0.05) is 86.8 Å². The van der Waals surface area contributed by atoms with Crippen molar-refractivity contribution in [2.75, 3.05) is 39.8 Å². The topological polar surface area (TPSA) is 628 Å². The van der Waals surface area contributed by atoms with Crippen LogP contribution in [0.25, 0.3) is 23.1 Å². The maximum atomic E-state index is 15.5. The van der Waals surface area contributed by atoms with E-state index in [1.54, 1.807) is 206 Å². The van der Waals surface area contributed by atoms with Crippen LogP contribution in [0.1, 0.15) is 207 Å². The number of nitrogens with zero attached hydrogens (tertiary/aromatic N) is 3. The molecule has 139 heavy (non-hydrogen) atoms. The van der Waals surface area contributed by atoms with Gasteiger partial charge in [0.25, 0.3) is 11.8 Å². The number of fused-ring (bicyclic) bond motifs is 1. The molecule has 0 radical (unpaired) electrons. The van der Waals surface area contributed by atoms with Gasteiger partial charge in [-0.2, -0.15) is 9.78 Å². The Kier molecular flexibility index (Phi) is 44.0. The predicted molar refractivity (Wildman–Crippen MR) is 509 cm³/mol. The third-order valence-electron chi connectivity index (χ3n) is 20.1. The van der Waals surface area contributed by atoms with Crippen LogP contribution in [-0.2, 0) is 82.9 Å². The Labute approximate surface area is 810 Å². The lowest BCUT2D eigenvalue weighted by atomic mass is 10.00. The number of benzene rings is 3. The van der Waals surface area contributed by atoms with Gasteiger partial charge in [-0.25, -0.2) is 19.2 Å². The van der Waals surface area contributed by atoms with E-state index in [1.165, 1.54) is 18.8 Å². The van der Waals surface area contributed by atoms with Crippen molar-refractivity contribution in [1.82, 2.24) is 99.8 Å². The van der Waals surface area contributed by atoms with Crippen molar-refractivity contribution in [3.63, 3.8) is 0 Å². The zero-order valence-corrected chi connectivity index (χ0v) is 82.1. The van der Waals surface area contributed by atoms with Gasteiger partial charge in [0.05, 0.1) is 34.7 Å². The number of nitrogens with one attached hydrogen (secondary N) is 16. The molecule has 1 aliphatic rings. The Morgan fingerprint density at radius 2 is 1.01 bits per heavy atom. The van der Waals surface area contributed by atoms with Gasteiger partial charge in [-0.15, -0.1) is 0 Å². The number of amides is 16. The summed E-state index contributed by atoms with van der Waals surface area (Å²) in [6.45, 7) is 22.0. The fourth-order valence-corrected chi connectivity index (χ4v) is 14.6. The first-order valence-electron chi connectivity index (χ1n) is 45.6. The Hall–Kier alpha value is -13.8. The number of carbonyl (C=O) groups excluding carboxylic acids is 17. The van der Waals surface area contributed by atoms with E-state index in [0.29, 0.717) is 32.0 Å². The minimum absolute atomic E-state index is 0.147. The van der Waals surface area contributed by atoms with Crippen LogP contribution < -0.4 is 85.1 Å². The van der Waals surface area contributed by atoms with Crippen LogP contribution in [0.3, 0.4) is 0 Å². The summed E-state index contributed by atoms with van der Waals surface area (Å²) < 4.78 is 22.6. The van der Waals surface area contributed by atoms with Gasteiger partial charge < -0.3 is 119 Å². The molecule has 19 N–H and O–H groups in total. The lowest BCUT2D eigenvalue weighted by molar-refractivity contribution is -0.137. The first kappa shape index (κ1) is 114. The molecule has 16 amide bonds. The van der Waals surface area contributed by atoms with Crippen molar-refractivity contribution in [3.8, 4) is 0 Å². The van der Waals surface area contributed by atoms with Gasteiger partial charge >= 0.3 is 30.3 Å². The van der Waals surface area contributed by atoms with E-state index in [-0.39, 0.29) is 36.5 Å². The molecule has 3 aromatic carbocycles. The van der Waals surface area contributed by atoms with Crippen LogP contribution in [-0.4, -0.2) is 272 Å². The van der Waals surface area contributed by atoms with Crippen molar-refractivity contribution >= 4 is 142 Å². The van der Waals surface area contributed by atoms with Gasteiger partial charge in [0.15, 0.2) is 0 Å². The molecule has 3 heterocycles.